The molecule has 3 heteroatoms. The van der Waals surface area contributed by atoms with Crippen LogP contribution in [0.3, 0.4) is 0 Å². The lowest BCUT2D eigenvalue weighted by Crippen LogP contribution is -2.01. The summed E-state index contributed by atoms with van der Waals surface area (Å²) < 4.78 is 0. The van der Waals surface area contributed by atoms with Gasteiger partial charge in [0.25, 0.3) is 0 Å². The molecule has 0 aliphatic rings. The first kappa shape index (κ1) is 9.13. The number of rotatable bonds is 1. The number of hydrogen-bond donors (Lipinski definition) is 2. The number of hydrogen-bond acceptors (Lipinski definition) is 2. The summed E-state index contributed by atoms with van der Waals surface area (Å²) in [6, 6.07) is 3.62. The summed E-state index contributed by atoms with van der Waals surface area (Å²) in [5, 5.41) is -0.225. The topological polar surface area (TPSA) is 43.1 Å². The molecule has 0 saturated heterocycles. The number of nitrogen functional groups attached to an aromatic ring is 1. The highest BCUT2D eigenvalue weighted by Crippen LogP contribution is 2.21. The summed E-state index contributed by atoms with van der Waals surface area (Å²) in [5.74, 6) is 0. The van der Waals surface area contributed by atoms with Gasteiger partial charge in [-0.2, -0.15) is 0 Å². The SMILES string of the molecule is Cc1ccc(N)c(C)c1C(=O)S. The van der Waals surface area contributed by atoms with Crippen molar-refractivity contribution in [1.29, 1.82) is 0 Å². The molecule has 0 bridgehead atoms. The van der Waals surface area contributed by atoms with Gasteiger partial charge < -0.3 is 5.73 Å². The van der Waals surface area contributed by atoms with Crippen molar-refractivity contribution >= 4 is 23.4 Å². The van der Waals surface area contributed by atoms with Gasteiger partial charge >= 0.3 is 0 Å². The van der Waals surface area contributed by atoms with E-state index in [-0.39, 0.29) is 5.12 Å². The van der Waals surface area contributed by atoms with E-state index in [9.17, 15) is 4.79 Å². The Balaban J connectivity index is 3.43. The summed E-state index contributed by atoms with van der Waals surface area (Å²) in [6.07, 6.45) is 0. The Morgan fingerprint density at radius 1 is 1.42 bits per heavy atom. The molecule has 2 nitrogen and oxygen atoms in total. The third kappa shape index (κ3) is 1.46. The van der Waals surface area contributed by atoms with Crippen molar-refractivity contribution in [3.63, 3.8) is 0 Å². The van der Waals surface area contributed by atoms with Crippen molar-refractivity contribution in [2.75, 3.05) is 5.73 Å². The number of thiol groups is 1. The van der Waals surface area contributed by atoms with Crippen molar-refractivity contribution in [3.05, 3.63) is 28.8 Å². The Hall–Kier alpha value is -0.960. The Kier molecular flexibility index (Phi) is 2.43. The molecule has 2 N–H and O–H groups in total. The van der Waals surface area contributed by atoms with E-state index in [1.807, 2.05) is 19.9 Å². The molecule has 0 saturated carbocycles. The molecule has 0 heterocycles. The largest absolute Gasteiger partial charge is 0.398 e. The van der Waals surface area contributed by atoms with Crippen LogP contribution >= 0.6 is 12.6 Å². The summed E-state index contributed by atoms with van der Waals surface area (Å²) >= 11 is 3.78. The highest BCUT2D eigenvalue weighted by Gasteiger charge is 2.09. The summed E-state index contributed by atoms with van der Waals surface area (Å²) in [7, 11) is 0. The molecular weight excluding hydrogens is 170 g/mol. The molecular formula is C9H11NOS. The van der Waals surface area contributed by atoms with Gasteiger partial charge in [0.05, 0.1) is 0 Å². The van der Waals surface area contributed by atoms with Gasteiger partial charge in [-0.15, -0.1) is 12.6 Å². The first-order valence-corrected chi connectivity index (χ1v) is 4.07. The number of carbonyl (C=O) groups excluding carboxylic acids is 1. The fourth-order valence-electron chi connectivity index (χ4n) is 1.19. The zero-order chi connectivity index (χ0) is 9.30. The molecule has 0 fully saturated rings. The second-order valence-corrected chi connectivity index (χ2v) is 3.18. The van der Waals surface area contributed by atoms with E-state index in [0.717, 1.165) is 11.1 Å². The predicted molar refractivity (Wildman–Crippen MR) is 53.6 cm³/mol. The van der Waals surface area contributed by atoms with E-state index in [2.05, 4.69) is 12.6 Å². The first-order valence-electron chi connectivity index (χ1n) is 3.63. The van der Waals surface area contributed by atoms with Gasteiger partial charge in [-0.3, -0.25) is 4.79 Å². The zero-order valence-electron chi connectivity index (χ0n) is 7.09. The molecule has 0 spiro atoms. The summed E-state index contributed by atoms with van der Waals surface area (Å²) in [6.45, 7) is 3.70. The summed E-state index contributed by atoms with van der Waals surface area (Å²) in [4.78, 5) is 11.0. The van der Waals surface area contributed by atoms with Gasteiger partial charge in [0.2, 0.25) is 5.12 Å². The quantitative estimate of drug-likeness (QED) is 0.513. The lowest BCUT2D eigenvalue weighted by molar-refractivity contribution is 0.109. The van der Waals surface area contributed by atoms with Crippen LogP contribution in [0.2, 0.25) is 0 Å². The maximum absolute atomic E-state index is 11.0. The number of anilines is 1. The van der Waals surface area contributed by atoms with Gasteiger partial charge in [-0.25, -0.2) is 0 Å². The Bertz CT molecular complexity index is 334. The molecule has 1 rings (SSSR count). The van der Waals surface area contributed by atoms with Crippen molar-refractivity contribution < 1.29 is 4.79 Å². The van der Waals surface area contributed by atoms with Crippen LogP contribution in [-0.2, 0) is 0 Å². The van der Waals surface area contributed by atoms with E-state index in [1.54, 1.807) is 6.07 Å². The van der Waals surface area contributed by atoms with Crippen LogP contribution in [0, 0.1) is 13.8 Å². The minimum Gasteiger partial charge on any atom is -0.398 e. The molecule has 1 aromatic rings. The molecule has 0 amide bonds. The monoisotopic (exact) mass is 181 g/mol. The van der Waals surface area contributed by atoms with E-state index < -0.39 is 0 Å². The Morgan fingerprint density at radius 3 is 2.42 bits per heavy atom. The van der Waals surface area contributed by atoms with Gasteiger partial charge in [0, 0.05) is 11.3 Å². The lowest BCUT2D eigenvalue weighted by Gasteiger charge is -2.07. The average Bonchev–Trinajstić information content (AvgIpc) is 1.97. The van der Waals surface area contributed by atoms with E-state index in [0.29, 0.717) is 11.3 Å². The average molecular weight is 181 g/mol. The fraction of sp³-hybridized carbons (Fsp3) is 0.222. The predicted octanol–water partition coefficient (Wildman–Crippen LogP) is 1.96. The van der Waals surface area contributed by atoms with Crippen LogP contribution < -0.4 is 5.73 Å². The van der Waals surface area contributed by atoms with Crippen LogP contribution in [-0.4, -0.2) is 5.12 Å². The maximum Gasteiger partial charge on any atom is 0.216 e. The molecule has 12 heavy (non-hydrogen) atoms. The number of carbonyl (C=O) groups is 1. The molecule has 0 atom stereocenters. The van der Waals surface area contributed by atoms with Gasteiger partial charge in [-0.1, -0.05) is 6.07 Å². The van der Waals surface area contributed by atoms with Crippen molar-refractivity contribution in [1.82, 2.24) is 0 Å². The highest BCUT2D eigenvalue weighted by molar-refractivity contribution is 7.97. The molecule has 0 radical (unpaired) electrons. The molecule has 0 unspecified atom stereocenters. The van der Waals surface area contributed by atoms with Crippen LogP contribution in [0.25, 0.3) is 0 Å². The Morgan fingerprint density at radius 2 is 2.00 bits per heavy atom. The van der Waals surface area contributed by atoms with E-state index >= 15 is 0 Å². The summed E-state index contributed by atoms with van der Waals surface area (Å²) in [5.41, 5.74) is 8.63. The molecule has 64 valence electrons. The fourth-order valence-corrected chi connectivity index (χ4v) is 1.54. The number of nitrogens with two attached hydrogens (primary N) is 1. The maximum atomic E-state index is 11.0. The minimum absolute atomic E-state index is 0.225. The molecule has 0 aliphatic carbocycles. The van der Waals surface area contributed by atoms with Gasteiger partial charge in [-0.05, 0) is 31.0 Å². The van der Waals surface area contributed by atoms with Crippen LogP contribution in [0.1, 0.15) is 21.5 Å². The zero-order valence-corrected chi connectivity index (χ0v) is 7.98. The third-order valence-corrected chi connectivity index (χ3v) is 2.15. The van der Waals surface area contributed by atoms with Crippen LogP contribution in [0.15, 0.2) is 12.1 Å². The first-order chi connectivity index (χ1) is 5.54. The number of benzene rings is 1. The Labute approximate surface area is 77.2 Å². The van der Waals surface area contributed by atoms with Crippen molar-refractivity contribution in [2.24, 2.45) is 0 Å². The molecule has 1 aromatic carbocycles. The van der Waals surface area contributed by atoms with E-state index in [1.165, 1.54) is 0 Å². The normalized spacial score (nSPS) is 9.92. The van der Waals surface area contributed by atoms with E-state index in [4.69, 9.17) is 5.73 Å². The smallest absolute Gasteiger partial charge is 0.216 e. The molecule has 0 aromatic heterocycles. The second kappa shape index (κ2) is 3.19. The van der Waals surface area contributed by atoms with Crippen LogP contribution in [0.4, 0.5) is 5.69 Å². The molecule has 0 aliphatic heterocycles. The van der Waals surface area contributed by atoms with Crippen molar-refractivity contribution in [3.8, 4) is 0 Å². The van der Waals surface area contributed by atoms with Crippen molar-refractivity contribution in [2.45, 2.75) is 13.8 Å². The lowest BCUT2D eigenvalue weighted by atomic mass is 10.0. The number of aryl methyl sites for hydroxylation is 1. The van der Waals surface area contributed by atoms with Gasteiger partial charge in [0.1, 0.15) is 0 Å². The minimum atomic E-state index is -0.225. The standard InChI is InChI=1S/C9H11NOS/c1-5-3-4-7(10)6(2)8(5)9(11)12/h3-4H,10H2,1-2H3,(H,11,12). The van der Waals surface area contributed by atoms with Crippen LogP contribution in [0.5, 0.6) is 0 Å². The third-order valence-electron chi connectivity index (χ3n) is 1.93. The highest BCUT2D eigenvalue weighted by atomic mass is 32.1. The van der Waals surface area contributed by atoms with Gasteiger partial charge in [0.15, 0.2) is 0 Å². The second-order valence-electron chi connectivity index (χ2n) is 2.78.